The largest absolute Gasteiger partial charge is 0.264 e. The Kier molecular flexibility index (Phi) is 4.01. The monoisotopic (exact) mass is 511 g/mol. The molecule has 0 radical (unpaired) electrons. The normalized spacial score (nSPS) is 15.9. The quantitative estimate of drug-likeness (QED) is 0.200. The summed E-state index contributed by atoms with van der Waals surface area (Å²) in [5.41, 5.74) is 13.6. The van der Waals surface area contributed by atoms with Gasteiger partial charge in [0.2, 0.25) is 0 Å². The molecule has 0 atom stereocenters. The van der Waals surface area contributed by atoms with Crippen LogP contribution in [-0.4, -0.2) is 4.98 Å². The van der Waals surface area contributed by atoms with Crippen molar-refractivity contribution in [1.82, 2.24) is 4.98 Å². The van der Waals surface area contributed by atoms with Crippen LogP contribution >= 0.6 is 0 Å². The highest BCUT2D eigenvalue weighted by atomic mass is 14.6. The summed E-state index contributed by atoms with van der Waals surface area (Å²) in [7, 11) is 0. The predicted molar refractivity (Wildman–Crippen MR) is 169 cm³/mol. The van der Waals surface area contributed by atoms with Crippen molar-refractivity contribution in [3.8, 4) is 33.4 Å². The van der Waals surface area contributed by atoms with Crippen LogP contribution in [0.2, 0.25) is 0 Å². The lowest BCUT2D eigenvalue weighted by Gasteiger charge is -2.24. The van der Waals surface area contributed by atoms with Crippen LogP contribution in [0.15, 0.2) is 103 Å². The Labute approximate surface area is 234 Å². The molecule has 0 amide bonds. The number of benzene rings is 6. The maximum absolute atomic E-state index is 4.37. The van der Waals surface area contributed by atoms with Crippen LogP contribution in [0.4, 0.5) is 0 Å². The predicted octanol–water partition coefficient (Wildman–Crippen LogP) is 10.3. The lowest BCUT2D eigenvalue weighted by Crippen LogP contribution is -2.15. The zero-order chi connectivity index (χ0) is 27.0. The average molecular weight is 512 g/mol. The molecule has 0 fully saturated rings. The molecule has 0 saturated carbocycles. The zero-order valence-corrected chi connectivity index (χ0v) is 23.3. The maximum atomic E-state index is 4.37. The molecule has 1 aromatic heterocycles. The van der Waals surface area contributed by atoms with Gasteiger partial charge in [-0.15, -0.1) is 0 Å². The molecule has 40 heavy (non-hydrogen) atoms. The van der Waals surface area contributed by atoms with Crippen molar-refractivity contribution in [3.63, 3.8) is 0 Å². The van der Waals surface area contributed by atoms with Gasteiger partial charge in [-0.3, -0.25) is 4.98 Å². The molecule has 2 aliphatic carbocycles. The number of hydrogen-bond donors (Lipinski definition) is 0. The Morgan fingerprint density at radius 3 is 1.77 bits per heavy atom. The summed E-state index contributed by atoms with van der Waals surface area (Å²) in [5.74, 6) is 0. The van der Waals surface area contributed by atoms with Gasteiger partial charge in [-0.25, -0.2) is 0 Å². The molecule has 6 aromatic carbocycles. The van der Waals surface area contributed by atoms with E-state index in [0.717, 1.165) is 5.56 Å². The number of rotatable bonds is 1. The third-order valence-corrected chi connectivity index (χ3v) is 10.1. The molecular formula is C39H29N. The fraction of sp³-hybridized carbons (Fsp3) is 0.154. The van der Waals surface area contributed by atoms with E-state index in [0.29, 0.717) is 0 Å². The molecule has 0 spiro atoms. The molecule has 9 rings (SSSR count). The van der Waals surface area contributed by atoms with Gasteiger partial charge < -0.3 is 0 Å². The Morgan fingerprint density at radius 2 is 1.12 bits per heavy atom. The van der Waals surface area contributed by atoms with Crippen molar-refractivity contribution in [2.75, 3.05) is 0 Å². The van der Waals surface area contributed by atoms with Gasteiger partial charge in [0.15, 0.2) is 0 Å². The van der Waals surface area contributed by atoms with Crippen molar-refractivity contribution in [1.29, 1.82) is 0 Å². The van der Waals surface area contributed by atoms with Crippen molar-refractivity contribution >= 4 is 32.3 Å². The minimum atomic E-state index is -0.0858. The van der Waals surface area contributed by atoms with Gasteiger partial charge >= 0.3 is 0 Å². The summed E-state index contributed by atoms with van der Waals surface area (Å²) in [5, 5.41) is 8.24. The summed E-state index contributed by atoms with van der Waals surface area (Å²) in [4.78, 5) is 4.37. The van der Waals surface area contributed by atoms with Crippen molar-refractivity contribution in [2.45, 2.75) is 38.5 Å². The third kappa shape index (κ3) is 2.56. The van der Waals surface area contributed by atoms with E-state index in [4.69, 9.17) is 0 Å². The molecule has 2 aliphatic rings. The average Bonchev–Trinajstić information content (AvgIpc) is 3.35. The first-order valence-corrected chi connectivity index (χ1v) is 14.3. The van der Waals surface area contributed by atoms with Crippen LogP contribution in [0.5, 0.6) is 0 Å². The Hall–Kier alpha value is -4.49. The minimum Gasteiger partial charge on any atom is -0.264 e. The van der Waals surface area contributed by atoms with Crippen LogP contribution in [0, 0.1) is 0 Å². The van der Waals surface area contributed by atoms with Crippen LogP contribution in [0.3, 0.4) is 0 Å². The Morgan fingerprint density at radius 1 is 0.500 bits per heavy atom. The van der Waals surface area contributed by atoms with Crippen LogP contribution in [0.1, 0.15) is 49.9 Å². The molecule has 0 unspecified atom stereocenters. The minimum absolute atomic E-state index is 0.00737. The first-order valence-electron chi connectivity index (χ1n) is 14.3. The van der Waals surface area contributed by atoms with Gasteiger partial charge in [-0.05, 0) is 112 Å². The second-order valence-electron chi connectivity index (χ2n) is 12.8. The summed E-state index contributed by atoms with van der Waals surface area (Å²) in [6.07, 6.45) is 3.80. The standard InChI is InChI=1S/C39H29N/c1-38(2)30-10-6-5-9-26(30)36-28-15-12-24-20-33-37(29-16-13-23(19-32(36)38)34(28)35(24)29)27-14-11-22(18-31(27)39(33,3)4)25-8-7-17-40-21-25/h5-21H,1-4H3. The van der Waals surface area contributed by atoms with Gasteiger partial charge in [-0.1, -0.05) is 94.4 Å². The summed E-state index contributed by atoms with van der Waals surface area (Å²) in [6, 6.07) is 34.7. The SMILES string of the molecule is CC1(C)c2ccccc2-c2c1cc1ccc3c4c(cc5ccc2c1c53)C(C)(C)c1cc(-c2cccnc2)ccc1-4. The number of hydrogen-bond acceptors (Lipinski definition) is 1. The number of pyridine rings is 1. The van der Waals surface area contributed by atoms with E-state index in [1.807, 2.05) is 18.5 Å². The molecule has 190 valence electrons. The summed E-state index contributed by atoms with van der Waals surface area (Å²) >= 11 is 0. The van der Waals surface area contributed by atoms with E-state index in [-0.39, 0.29) is 10.8 Å². The van der Waals surface area contributed by atoms with Crippen molar-refractivity contribution in [3.05, 3.63) is 126 Å². The van der Waals surface area contributed by atoms with Gasteiger partial charge in [-0.2, -0.15) is 0 Å². The summed E-state index contributed by atoms with van der Waals surface area (Å²) < 4.78 is 0. The molecular weight excluding hydrogens is 482 g/mol. The summed E-state index contributed by atoms with van der Waals surface area (Å²) in [6.45, 7) is 9.52. The number of nitrogens with zero attached hydrogens (tertiary/aromatic N) is 1. The van der Waals surface area contributed by atoms with Gasteiger partial charge in [0.25, 0.3) is 0 Å². The number of fused-ring (bicyclic) bond motifs is 8. The highest BCUT2D eigenvalue weighted by molar-refractivity contribution is 6.29. The van der Waals surface area contributed by atoms with E-state index in [9.17, 15) is 0 Å². The molecule has 1 nitrogen and oxygen atoms in total. The highest BCUT2D eigenvalue weighted by Crippen LogP contribution is 2.57. The molecule has 7 aromatic rings. The van der Waals surface area contributed by atoms with E-state index in [2.05, 4.69) is 118 Å². The molecule has 0 saturated heterocycles. The number of aromatic nitrogens is 1. The Balaban J connectivity index is 1.38. The van der Waals surface area contributed by atoms with Crippen LogP contribution in [0.25, 0.3) is 65.7 Å². The van der Waals surface area contributed by atoms with Gasteiger partial charge in [0.1, 0.15) is 0 Å². The zero-order valence-electron chi connectivity index (χ0n) is 23.3. The first kappa shape index (κ1) is 22.3. The molecule has 0 aliphatic heterocycles. The molecule has 1 heteroatoms. The lowest BCUT2D eigenvalue weighted by atomic mass is 9.79. The van der Waals surface area contributed by atoms with Gasteiger partial charge in [0, 0.05) is 23.2 Å². The van der Waals surface area contributed by atoms with E-state index in [1.54, 1.807) is 0 Å². The third-order valence-electron chi connectivity index (χ3n) is 10.1. The van der Waals surface area contributed by atoms with Crippen molar-refractivity contribution in [2.24, 2.45) is 0 Å². The molecule has 0 bridgehead atoms. The second kappa shape index (κ2) is 7.17. The first-order chi connectivity index (χ1) is 19.4. The van der Waals surface area contributed by atoms with Crippen LogP contribution < -0.4 is 0 Å². The lowest BCUT2D eigenvalue weighted by molar-refractivity contribution is 0.661. The Bertz CT molecular complexity index is 2200. The highest BCUT2D eigenvalue weighted by Gasteiger charge is 2.39. The topological polar surface area (TPSA) is 12.9 Å². The van der Waals surface area contributed by atoms with Crippen molar-refractivity contribution < 1.29 is 0 Å². The fourth-order valence-electron chi connectivity index (χ4n) is 8.05. The fourth-order valence-corrected chi connectivity index (χ4v) is 8.05. The molecule has 0 N–H and O–H groups in total. The van der Waals surface area contributed by atoms with E-state index < -0.39 is 0 Å². The second-order valence-corrected chi connectivity index (χ2v) is 12.8. The van der Waals surface area contributed by atoms with Gasteiger partial charge in [0.05, 0.1) is 0 Å². The molecule has 1 heterocycles. The van der Waals surface area contributed by atoms with E-state index in [1.165, 1.54) is 82.4 Å². The van der Waals surface area contributed by atoms with Crippen LogP contribution in [-0.2, 0) is 10.8 Å². The smallest absolute Gasteiger partial charge is 0.0346 e. The van der Waals surface area contributed by atoms with E-state index >= 15 is 0 Å². The maximum Gasteiger partial charge on any atom is 0.0346 e.